The number of carbonyl (C=O) groups is 1. The molecule has 0 saturated carbocycles. The van der Waals surface area contributed by atoms with Gasteiger partial charge in [-0.05, 0) is 47.7 Å². The maximum atomic E-state index is 13.4. The summed E-state index contributed by atoms with van der Waals surface area (Å²) < 4.78 is 18.9. The van der Waals surface area contributed by atoms with Crippen molar-refractivity contribution in [2.75, 3.05) is 20.2 Å². The predicted molar refractivity (Wildman–Crippen MR) is 125 cm³/mol. The maximum absolute atomic E-state index is 13.4. The first-order valence-corrected chi connectivity index (χ1v) is 11.0. The number of piperidine rings is 1. The summed E-state index contributed by atoms with van der Waals surface area (Å²) in [5.74, 6) is 0.543. The van der Waals surface area contributed by atoms with E-state index in [1.165, 1.54) is 17.7 Å². The monoisotopic (exact) mass is 432 g/mol. The molecule has 0 aromatic heterocycles. The average molecular weight is 433 g/mol. The minimum atomic E-state index is -0.441. The molecule has 3 aromatic carbocycles. The summed E-state index contributed by atoms with van der Waals surface area (Å²) in [6.45, 7) is 4.10. The Hall–Kier alpha value is -3.18. The number of amides is 1. The first kappa shape index (κ1) is 22.0. The van der Waals surface area contributed by atoms with E-state index in [2.05, 4.69) is 40.5 Å². The molecule has 1 amide bonds. The second kappa shape index (κ2) is 9.53. The van der Waals surface area contributed by atoms with Crippen LogP contribution in [0, 0.1) is 5.82 Å². The van der Waals surface area contributed by atoms with Crippen molar-refractivity contribution >= 4 is 5.91 Å². The van der Waals surface area contributed by atoms with Gasteiger partial charge in [0.15, 0.2) is 0 Å². The summed E-state index contributed by atoms with van der Waals surface area (Å²) in [7, 11) is 1.69. The van der Waals surface area contributed by atoms with Crippen LogP contribution in [0.1, 0.15) is 30.9 Å². The number of nitrogens with one attached hydrogen (secondary N) is 1. The normalized spacial score (nSPS) is 15.8. The standard InChI is InChI=1S/C27H29FN2O2/c1-20(31)29-27(23-11-13-24(28)14-12-23)15-17-30(18-16-27)19-21-7-9-22(10-8-21)25-5-3-4-6-26(25)32-2/h3-14H,15-19H2,1-2H3,(H,29,31). The van der Waals surface area contributed by atoms with Crippen molar-refractivity contribution in [3.05, 3.63) is 89.7 Å². The fraction of sp³-hybridized carbons (Fsp3) is 0.296. The van der Waals surface area contributed by atoms with Gasteiger partial charge in [-0.1, -0.05) is 54.6 Å². The van der Waals surface area contributed by atoms with E-state index in [1.807, 2.05) is 18.2 Å². The summed E-state index contributed by atoms with van der Waals surface area (Å²) in [4.78, 5) is 14.3. The van der Waals surface area contributed by atoms with Gasteiger partial charge in [0.05, 0.1) is 12.6 Å². The number of hydrogen-bond donors (Lipinski definition) is 1. The molecule has 1 N–H and O–H groups in total. The van der Waals surface area contributed by atoms with Crippen molar-refractivity contribution in [1.29, 1.82) is 0 Å². The minimum absolute atomic E-state index is 0.0605. The Balaban J connectivity index is 1.43. The van der Waals surface area contributed by atoms with E-state index >= 15 is 0 Å². The molecule has 1 aliphatic heterocycles. The first-order valence-electron chi connectivity index (χ1n) is 11.0. The van der Waals surface area contributed by atoms with Gasteiger partial charge < -0.3 is 10.1 Å². The molecule has 1 fully saturated rings. The Morgan fingerprint density at radius 3 is 2.28 bits per heavy atom. The van der Waals surface area contributed by atoms with Crippen LogP contribution in [-0.2, 0) is 16.9 Å². The molecular weight excluding hydrogens is 403 g/mol. The summed E-state index contributed by atoms with van der Waals surface area (Å²) >= 11 is 0. The molecule has 0 unspecified atom stereocenters. The molecule has 0 atom stereocenters. The lowest BCUT2D eigenvalue weighted by atomic mass is 9.80. The second-order valence-corrected chi connectivity index (χ2v) is 8.44. The van der Waals surface area contributed by atoms with Crippen molar-refractivity contribution in [3.8, 4) is 16.9 Å². The van der Waals surface area contributed by atoms with Crippen molar-refractivity contribution in [2.45, 2.75) is 31.8 Å². The molecule has 5 heteroatoms. The van der Waals surface area contributed by atoms with Crippen molar-refractivity contribution < 1.29 is 13.9 Å². The molecule has 3 aromatic rings. The van der Waals surface area contributed by atoms with Gasteiger partial charge in [0.2, 0.25) is 5.91 Å². The van der Waals surface area contributed by atoms with Crippen LogP contribution >= 0.6 is 0 Å². The molecule has 32 heavy (non-hydrogen) atoms. The number of likely N-dealkylation sites (tertiary alicyclic amines) is 1. The number of rotatable bonds is 6. The summed E-state index contributed by atoms with van der Waals surface area (Å²) in [6.07, 6.45) is 1.58. The largest absolute Gasteiger partial charge is 0.496 e. The van der Waals surface area contributed by atoms with Crippen molar-refractivity contribution in [1.82, 2.24) is 10.2 Å². The summed E-state index contributed by atoms with van der Waals surface area (Å²) in [6, 6.07) is 23.1. The molecule has 166 valence electrons. The van der Waals surface area contributed by atoms with Crippen molar-refractivity contribution in [3.63, 3.8) is 0 Å². The van der Waals surface area contributed by atoms with Crippen LogP contribution < -0.4 is 10.1 Å². The fourth-order valence-corrected chi connectivity index (χ4v) is 4.62. The van der Waals surface area contributed by atoms with Gasteiger partial charge in [0.1, 0.15) is 11.6 Å². The van der Waals surface area contributed by atoms with Crippen LogP contribution in [0.15, 0.2) is 72.8 Å². The lowest BCUT2D eigenvalue weighted by Crippen LogP contribution is -2.52. The van der Waals surface area contributed by atoms with Gasteiger partial charge in [0, 0.05) is 32.1 Å². The third-order valence-corrected chi connectivity index (χ3v) is 6.30. The molecule has 4 nitrogen and oxygen atoms in total. The highest BCUT2D eigenvalue weighted by molar-refractivity contribution is 5.74. The van der Waals surface area contributed by atoms with Gasteiger partial charge in [-0.15, -0.1) is 0 Å². The van der Waals surface area contributed by atoms with Gasteiger partial charge in [-0.25, -0.2) is 4.39 Å². The molecule has 0 bridgehead atoms. The zero-order valence-corrected chi connectivity index (χ0v) is 18.6. The third-order valence-electron chi connectivity index (χ3n) is 6.30. The molecule has 4 rings (SSSR count). The third kappa shape index (κ3) is 4.83. The zero-order valence-electron chi connectivity index (χ0n) is 18.6. The smallest absolute Gasteiger partial charge is 0.217 e. The quantitative estimate of drug-likeness (QED) is 0.587. The van der Waals surface area contributed by atoms with E-state index in [9.17, 15) is 9.18 Å². The highest BCUT2D eigenvalue weighted by Crippen LogP contribution is 2.34. The molecule has 0 radical (unpaired) electrons. The van der Waals surface area contributed by atoms with Gasteiger partial charge in [-0.3, -0.25) is 9.69 Å². The van der Waals surface area contributed by atoms with Crippen LogP contribution in [0.2, 0.25) is 0 Å². The van der Waals surface area contributed by atoms with Crippen molar-refractivity contribution in [2.24, 2.45) is 0 Å². The average Bonchev–Trinajstić information content (AvgIpc) is 2.81. The Morgan fingerprint density at radius 1 is 1.00 bits per heavy atom. The van der Waals surface area contributed by atoms with Crippen LogP contribution in [0.5, 0.6) is 5.75 Å². The highest BCUT2D eigenvalue weighted by atomic mass is 19.1. The number of hydrogen-bond acceptors (Lipinski definition) is 3. The van der Waals surface area contributed by atoms with E-state index in [-0.39, 0.29) is 11.7 Å². The van der Waals surface area contributed by atoms with E-state index < -0.39 is 5.54 Å². The lowest BCUT2D eigenvalue weighted by Gasteiger charge is -2.42. The second-order valence-electron chi connectivity index (χ2n) is 8.44. The molecule has 1 saturated heterocycles. The SMILES string of the molecule is COc1ccccc1-c1ccc(CN2CCC(NC(C)=O)(c3ccc(F)cc3)CC2)cc1. The zero-order chi connectivity index (χ0) is 22.6. The molecule has 1 heterocycles. The van der Waals surface area contributed by atoms with E-state index in [1.54, 1.807) is 26.2 Å². The predicted octanol–water partition coefficient (Wildman–Crippen LogP) is 5.13. The molecule has 1 aliphatic rings. The fourth-order valence-electron chi connectivity index (χ4n) is 4.62. The number of methoxy groups -OCH3 is 1. The van der Waals surface area contributed by atoms with Gasteiger partial charge >= 0.3 is 0 Å². The van der Waals surface area contributed by atoms with Crippen LogP contribution in [0.3, 0.4) is 0 Å². The lowest BCUT2D eigenvalue weighted by molar-refractivity contribution is -0.121. The molecular formula is C27H29FN2O2. The number of carbonyl (C=O) groups excluding carboxylic acids is 1. The van der Waals surface area contributed by atoms with E-state index in [0.717, 1.165) is 54.9 Å². The highest BCUT2D eigenvalue weighted by Gasteiger charge is 2.36. The van der Waals surface area contributed by atoms with Crippen LogP contribution in [0.4, 0.5) is 4.39 Å². The molecule has 0 spiro atoms. The van der Waals surface area contributed by atoms with Crippen LogP contribution in [-0.4, -0.2) is 31.0 Å². The van der Waals surface area contributed by atoms with Gasteiger partial charge in [-0.2, -0.15) is 0 Å². The maximum Gasteiger partial charge on any atom is 0.217 e. The minimum Gasteiger partial charge on any atom is -0.496 e. The molecule has 0 aliphatic carbocycles. The summed E-state index contributed by atoms with van der Waals surface area (Å²) in [5, 5.41) is 3.15. The van der Waals surface area contributed by atoms with Crippen LogP contribution in [0.25, 0.3) is 11.1 Å². The first-order chi connectivity index (χ1) is 15.5. The Labute approximate surface area is 189 Å². The number of halogens is 1. The van der Waals surface area contributed by atoms with E-state index in [4.69, 9.17) is 4.74 Å². The van der Waals surface area contributed by atoms with E-state index in [0.29, 0.717) is 0 Å². The van der Waals surface area contributed by atoms with Gasteiger partial charge in [0.25, 0.3) is 0 Å². The Morgan fingerprint density at radius 2 is 1.66 bits per heavy atom. The number of benzene rings is 3. The Kier molecular flexibility index (Phi) is 6.56. The number of nitrogens with zero attached hydrogens (tertiary/aromatic N) is 1. The Bertz CT molecular complexity index is 1060. The number of para-hydroxylation sites is 1. The number of ether oxygens (including phenoxy) is 1. The topological polar surface area (TPSA) is 41.6 Å². The summed E-state index contributed by atoms with van der Waals surface area (Å²) in [5.41, 5.74) is 3.99.